The Labute approximate surface area is 74.8 Å². The third-order valence-corrected chi connectivity index (χ3v) is 1.67. The van der Waals surface area contributed by atoms with Gasteiger partial charge in [-0.25, -0.2) is 0 Å². The van der Waals surface area contributed by atoms with Crippen LogP contribution in [0, 0.1) is 0 Å². The average molecular weight is 186 g/mol. The first-order valence-corrected chi connectivity index (χ1v) is 3.72. The van der Waals surface area contributed by atoms with E-state index in [0.717, 1.165) is 0 Å². The van der Waals surface area contributed by atoms with Gasteiger partial charge in [0.15, 0.2) is 6.10 Å². The average Bonchev–Trinajstić information content (AvgIpc) is 2.03. The molecule has 64 valence electrons. The predicted octanol–water partition coefficient (Wildman–Crippen LogP) is 0.859. The van der Waals surface area contributed by atoms with Crippen molar-refractivity contribution in [3.05, 3.63) is 34.9 Å². The number of hydrogen-bond donors (Lipinski definition) is 2. The molecule has 0 bridgehead atoms. The molecule has 1 amide bonds. The smallest absolute Gasteiger partial charge is 0.250 e. The highest BCUT2D eigenvalue weighted by Crippen LogP contribution is 2.16. The quantitative estimate of drug-likeness (QED) is 0.718. The standard InChI is InChI=1S/C8H8ClNO2/c9-6-3-1-2-5(4-6)7(11)8(10)12/h1-4,7,11H,(H2,10,12). The van der Waals surface area contributed by atoms with Crippen LogP contribution >= 0.6 is 11.6 Å². The molecule has 1 atom stereocenters. The summed E-state index contributed by atoms with van der Waals surface area (Å²) in [5.41, 5.74) is 5.30. The number of hydrogen-bond acceptors (Lipinski definition) is 2. The number of carbonyl (C=O) groups excluding carboxylic acids is 1. The number of rotatable bonds is 2. The van der Waals surface area contributed by atoms with Gasteiger partial charge >= 0.3 is 0 Å². The minimum atomic E-state index is -1.27. The Hall–Kier alpha value is -1.06. The van der Waals surface area contributed by atoms with Crippen molar-refractivity contribution in [1.29, 1.82) is 0 Å². The van der Waals surface area contributed by atoms with Gasteiger partial charge in [0.1, 0.15) is 0 Å². The van der Waals surface area contributed by atoms with Gasteiger partial charge < -0.3 is 10.8 Å². The zero-order valence-corrected chi connectivity index (χ0v) is 6.95. The lowest BCUT2D eigenvalue weighted by atomic mass is 10.1. The molecule has 0 aliphatic rings. The molecule has 0 aliphatic heterocycles. The van der Waals surface area contributed by atoms with Crippen molar-refractivity contribution in [1.82, 2.24) is 0 Å². The third-order valence-electron chi connectivity index (χ3n) is 1.43. The van der Waals surface area contributed by atoms with Crippen molar-refractivity contribution in [2.45, 2.75) is 6.10 Å². The van der Waals surface area contributed by atoms with E-state index in [0.29, 0.717) is 10.6 Å². The summed E-state index contributed by atoms with van der Waals surface area (Å²) < 4.78 is 0. The summed E-state index contributed by atoms with van der Waals surface area (Å²) >= 11 is 5.63. The van der Waals surface area contributed by atoms with E-state index in [9.17, 15) is 9.90 Å². The topological polar surface area (TPSA) is 63.3 Å². The van der Waals surface area contributed by atoms with E-state index in [1.807, 2.05) is 0 Å². The van der Waals surface area contributed by atoms with Gasteiger partial charge in [0.05, 0.1) is 0 Å². The Balaban J connectivity index is 2.95. The van der Waals surface area contributed by atoms with Crippen molar-refractivity contribution in [3.8, 4) is 0 Å². The number of carbonyl (C=O) groups is 1. The summed E-state index contributed by atoms with van der Waals surface area (Å²) in [6, 6.07) is 6.38. The molecule has 0 saturated heterocycles. The Bertz CT molecular complexity index is 301. The normalized spacial score (nSPS) is 12.5. The molecular weight excluding hydrogens is 178 g/mol. The van der Waals surface area contributed by atoms with Gasteiger partial charge in [-0.05, 0) is 17.7 Å². The van der Waals surface area contributed by atoms with Crippen LogP contribution in [0.3, 0.4) is 0 Å². The molecule has 1 rings (SSSR count). The molecule has 0 aromatic heterocycles. The van der Waals surface area contributed by atoms with Crippen molar-refractivity contribution >= 4 is 17.5 Å². The molecule has 1 aromatic rings. The maximum absolute atomic E-state index is 10.5. The third kappa shape index (κ3) is 1.96. The summed E-state index contributed by atoms with van der Waals surface area (Å²) in [4.78, 5) is 10.5. The second kappa shape index (κ2) is 3.56. The maximum atomic E-state index is 10.5. The monoisotopic (exact) mass is 185 g/mol. The van der Waals surface area contributed by atoms with Crippen LogP contribution in [-0.2, 0) is 4.79 Å². The number of amides is 1. The molecule has 0 heterocycles. The highest BCUT2D eigenvalue weighted by molar-refractivity contribution is 6.30. The fourth-order valence-electron chi connectivity index (χ4n) is 0.841. The van der Waals surface area contributed by atoms with Crippen molar-refractivity contribution in [2.24, 2.45) is 5.73 Å². The van der Waals surface area contributed by atoms with Gasteiger partial charge in [0.2, 0.25) is 0 Å². The number of aliphatic hydroxyl groups is 1. The Morgan fingerprint density at radius 1 is 1.58 bits per heavy atom. The number of aliphatic hydroxyl groups excluding tert-OH is 1. The number of halogens is 1. The Morgan fingerprint density at radius 3 is 2.75 bits per heavy atom. The summed E-state index contributed by atoms with van der Waals surface area (Å²) in [6.45, 7) is 0. The van der Waals surface area contributed by atoms with Crippen molar-refractivity contribution < 1.29 is 9.90 Å². The largest absolute Gasteiger partial charge is 0.378 e. The molecular formula is C8H8ClNO2. The van der Waals surface area contributed by atoms with Crippen LogP contribution < -0.4 is 5.73 Å². The number of primary amides is 1. The SMILES string of the molecule is NC(=O)C(O)c1cccc(Cl)c1. The molecule has 1 aromatic carbocycles. The molecule has 3 N–H and O–H groups in total. The highest BCUT2D eigenvalue weighted by atomic mass is 35.5. The summed E-state index contributed by atoms with van der Waals surface area (Å²) in [5, 5.41) is 9.65. The van der Waals surface area contributed by atoms with Crippen molar-refractivity contribution in [3.63, 3.8) is 0 Å². The van der Waals surface area contributed by atoms with Crippen LogP contribution in [0.4, 0.5) is 0 Å². The predicted molar refractivity (Wildman–Crippen MR) is 45.6 cm³/mol. The summed E-state index contributed by atoms with van der Waals surface area (Å²) in [6.07, 6.45) is -1.27. The van der Waals surface area contributed by atoms with E-state index in [4.69, 9.17) is 17.3 Å². The molecule has 0 saturated carbocycles. The lowest BCUT2D eigenvalue weighted by Gasteiger charge is -2.05. The molecule has 0 spiro atoms. The fourth-order valence-corrected chi connectivity index (χ4v) is 1.04. The Kier molecular flexibility index (Phi) is 2.68. The number of nitrogens with two attached hydrogens (primary N) is 1. The van der Waals surface area contributed by atoms with Gasteiger partial charge in [0.25, 0.3) is 5.91 Å². The van der Waals surface area contributed by atoms with E-state index in [1.165, 1.54) is 6.07 Å². The summed E-state index contributed by atoms with van der Waals surface area (Å²) in [7, 11) is 0. The van der Waals surface area contributed by atoms with Gasteiger partial charge in [0, 0.05) is 5.02 Å². The minimum Gasteiger partial charge on any atom is -0.378 e. The molecule has 4 heteroatoms. The first kappa shape index (κ1) is 9.03. The lowest BCUT2D eigenvalue weighted by Crippen LogP contribution is -2.20. The van der Waals surface area contributed by atoms with E-state index in [1.54, 1.807) is 18.2 Å². The van der Waals surface area contributed by atoms with E-state index >= 15 is 0 Å². The zero-order valence-electron chi connectivity index (χ0n) is 6.20. The van der Waals surface area contributed by atoms with Crippen LogP contribution in [0.5, 0.6) is 0 Å². The van der Waals surface area contributed by atoms with E-state index in [-0.39, 0.29) is 0 Å². The van der Waals surface area contributed by atoms with Crippen molar-refractivity contribution in [2.75, 3.05) is 0 Å². The first-order valence-electron chi connectivity index (χ1n) is 3.34. The molecule has 3 nitrogen and oxygen atoms in total. The maximum Gasteiger partial charge on any atom is 0.250 e. The van der Waals surface area contributed by atoms with Crippen LogP contribution in [0.1, 0.15) is 11.7 Å². The van der Waals surface area contributed by atoms with Gasteiger partial charge in [-0.1, -0.05) is 23.7 Å². The fraction of sp³-hybridized carbons (Fsp3) is 0.125. The van der Waals surface area contributed by atoms with Crippen LogP contribution in [0.2, 0.25) is 5.02 Å². The molecule has 12 heavy (non-hydrogen) atoms. The number of benzene rings is 1. The van der Waals surface area contributed by atoms with Crippen LogP contribution in [-0.4, -0.2) is 11.0 Å². The minimum absolute atomic E-state index is 0.412. The Morgan fingerprint density at radius 2 is 2.25 bits per heavy atom. The molecule has 0 radical (unpaired) electrons. The second-order valence-electron chi connectivity index (χ2n) is 2.36. The highest BCUT2D eigenvalue weighted by Gasteiger charge is 2.12. The van der Waals surface area contributed by atoms with E-state index in [2.05, 4.69) is 0 Å². The first-order chi connectivity index (χ1) is 5.61. The summed E-state index contributed by atoms with van der Waals surface area (Å²) in [5.74, 6) is -0.780. The van der Waals surface area contributed by atoms with Crippen LogP contribution in [0.25, 0.3) is 0 Å². The molecule has 1 unspecified atom stereocenters. The van der Waals surface area contributed by atoms with Crippen LogP contribution in [0.15, 0.2) is 24.3 Å². The second-order valence-corrected chi connectivity index (χ2v) is 2.80. The van der Waals surface area contributed by atoms with E-state index < -0.39 is 12.0 Å². The molecule has 0 fully saturated rings. The van der Waals surface area contributed by atoms with Gasteiger partial charge in [-0.15, -0.1) is 0 Å². The molecule has 0 aliphatic carbocycles. The lowest BCUT2D eigenvalue weighted by molar-refractivity contribution is -0.126. The zero-order chi connectivity index (χ0) is 9.14. The van der Waals surface area contributed by atoms with Gasteiger partial charge in [-0.3, -0.25) is 4.79 Å². The van der Waals surface area contributed by atoms with Gasteiger partial charge in [-0.2, -0.15) is 0 Å².